The summed E-state index contributed by atoms with van der Waals surface area (Å²) in [6.45, 7) is 0.731. The zero-order valence-electron chi connectivity index (χ0n) is 18.0. The molecule has 4 aliphatic rings. The summed E-state index contributed by atoms with van der Waals surface area (Å²) in [7, 11) is 3.17. The minimum absolute atomic E-state index is 0.00544. The number of carbonyl (C=O) groups excluding carboxylic acids is 2. The second-order valence-electron chi connectivity index (χ2n) is 9.29. The quantitative estimate of drug-likeness (QED) is 0.609. The number of urea groups is 1. The van der Waals surface area contributed by atoms with Gasteiger partial charge in [-0.05, 0) is 74.0 Å². The molecule has 4 bridgehead atoms. The van der Waals surface area contributed by atoms with Gasteiger partial charge in [-0.25, -0.2) is 4.79 Å². The van der Waals surface area contributed by atoms with Gasteiger partial charge in [0.15, 0.2) is 11.5 Å². The molecule has 5 rings (SSSR count). The predicted molar refractivity (Wildman–Crippen MR) is 113 cm³/mol. The summed E-state index contributed by atoms with van der Waals surface area (Å²) in [4.78, 5) is 24.6. The molecule has 7 heteroatoms. The highest BCUT2D eigenvalue weighted by atomic mass is 16.5. The lowest BCUT2D eigenvalue weighted by Crippen LogP contribution is -2.61. The van der Waals surface area contributed by atoms with Crippen molar-refractivity contribution in [1.82, 2.24) is 16.0 Å². The van der Waals surface area contributed by atoms with Gasteiger partial charge in [-0.15, -0.1) is 0 Å². The number of rotatable bonds is 8. The Morgan fingerprint density at radius 2 is 1.60 bits per heavy atom. The Bertz CT molecular complexity index is 759. The lowest BCUT2D eigenvalue weighted by Gasteiger charge is -2.56. The van der Waals surface area contributed by atoms with Crippen LogP contribution >= 0.6 is 0 Å². The first-order valence-corrected chi connectivity index (χ1v) is 11.0. The van der Waals surface area contributed by atoms with Crippen LogP contribution in [-0.2, 0) is 11.3 Å². The van der Waals surface area contributed by atoms with Gasteiger partial charge >= 0.3 is 6.03 Å². The molecule has 0 radical (unpaired) electrons. The molecule has 3 amide bonds. The number of methoxy groups -OCH3 is 2. The number of ether oxygens (including phenoxy) is 2. The van der Waals surface area contributed by atoms with Crippen molar-refractivity contribution in [3.8, 4) is 11.5 Å². The number of carbonyl (C=O) groups is 2. The zero-order valence-corrected chi connectivity index (χ0v) is 18.0. The van der Waals surface area contributed by atoms with Crippen molar-refractivity contribution in [2.24, 2.45) is 17.8 Å². The molecule has 3 N–H and O–H groups in total. The molecule has 164 valence electrons. The van der Waals surface area contributed by atoms with Gasteiger partial charge in [-0.3, -0.25) is 4.79 Å². The van der Waals surface area contributed by atoms with Gasteiger partial charge < -0.3 is 25.4 Å². The van der Waals surface area contributed by atoms with Gasteiger partial charge in [0, 0.05) is 25.0 Å². The third-order valence-electron chi connectivity index (χ3n) is 6.99. The van der Waals surface area contributed by atoms with Gasteiger partial charge in [-0.1, -0.05) is 6.07 Å². The van der Waals surface area contributed by atoms with E-state index in [1.54, 1.807) is 14.2 Å². The summed E-state index contributed by atoms with van der Waals surface area (Å²) in [6.07, 6.45) is 7.67. The zero-order chi connectivity index (χ0) is 21.1. The molecular weight excluding hydrogens is 382 g/mol. The maximum atomic E-state index is 12.4. The van der Waals surface area contributed by atoms with Gasteiger partial charge in [0.2, 0.25) is 5.91 Å². The van der Waals surface area contributed by atoms with E-state index >= 15 is 0 Å². The Morgan fingerprint density at radius 3 is 2.20 bits per heavy atom. The van der Waals surface area contributed by atoms with E-state index in [1.165, 1.54) is 19.3 Å². The van der Waals surface area contributed by atoms with Gasteiger partial charge in [0.25, 0.3) is 0 Å². The number of nitrogens with one attached hydrogen (secondary N) is 3. The highest BCUT2D eigenvalue weighted by Gasteiger charge is 2.51. The highest BCUT2D eigenvalue weighted by molar-refractivity contribution is 5.78. The van der Waals surface area contributed by atoms with Crippen LogP contribution in [0.5, 0.6) is 11.5 Å². The lowest BCUT2D eigenvalue weighted by atomic mass is 9.53. The van der Waals surface area contributed by atoms with Crippen molar-refractivity contribution in [2.45, 2.75) is 57.0 Å². The Morgan fingerprint density at radius 1 is 0.967 bits per heavy atom. The molecule has 4 fully saturated rings. The van der Waals surface area contributed by atoms with E-state index in [9.17, 15) is 9.59 Å². The van der Waals surface area contributed by atoms with Crippen LogP contribution in [0.15, 0.2) is 18.2 Å². The summed E-state index contributed by atoms with van der Waals surface area (Å²) in [6, 6.07) is 5.41. The third-order valence-corrected chi connectivity index (χ3v) is 6.99. The van der Waals surface area contributed by atoms with Crippen molar-refractivity contribution in [3.05, 3.63) is 23.8 Å². The molecule has 1 aromatic carbocycles. The first-order chi connectivity index (χ1) is 14.5. The lowest BCUT2D eigenvalue weighted by molar-refractivity contribution is -0.121. The topological polar surface area (TPSA) is 88.7 Å². The monoisotopic (exact) mass is 415 g/mol. The Hall–Kier alpha value is -2.44. The normalized spacial score (nSPS) is 28.7. The number of hydrogen-bond donors (Lipinski definition) is 3. The summed E-state index contributed by atoms with van der Waals surface area (Å²) in [5.74, 6) is 3.56. The molecule has 0 atom stereocenters. The minimum atomic E-state index is -0.135. The summed E-state index contributed by atoms with van der Waals surface area (Å²) >= 11 is 0. The van der Waals surface area contributed by atoms with Gasteiger partial charge in [0.1, 0.15) is 0 Å². The average Bonchev–Trinajstić information content (AvgIpc) is 2.70. The molecular formula is C23H33N3O4. The Balaban J connectivity index is 1.17. The van der Waals surface area contributed by atoms with E-state index in [-0.39, 0.29) is 23.9 Å². The number of amides is 3. The Kier molecular flexibility index (Phi) is 6.06. The van der Waals surface area contributed by atoms with Crippen LogP contribution in [0.25, 0.3) is 0 Å². The first kappa shape index (κ1) is 20.8. The van der Waals surface area contributed by atoms with Crippen LogP contribution in [-0.4, -0.2) is 38.2 Å². The van der Waals surface area contributed by atoms with Crippen molar-refractivity contribution in [2.75, 3.05) is 20.8 Å². The van der Waals surface area contributed by atoms with Crippen LogP contribution in [0.1, 0.15) is 50.5 Å². The van der Waals surface area contributed by atoms with Crippen LogP contribution in [0.3, 0.4) is 0 Å². The molecule has 7 nitrogen and oxygen atoms in total. The summed E-state index contributed by atoms with van der Waals surface area (Å²) in [5, 5.41) is 9.03. The minimum Gasteiger partial charge on any atom is -0.493 e. The van der Waals surface area contributed by atoms with E-state index in [1.807, 2.05) is 18.2 Å². The predicted octanol–water partition coefficient (Wildman–Crippen LogP) is 2.98. The summed E-state index contributed by atoms with van der Waals surface area (Å²) < 4.78 is 10.5. The van der Waals surface area contributed by atoms with Crippen molar-refractivity contribution in [3.63, 3.8) is 0 Å². The van der Waals surface area contributed by atoms with E-state index in [0.29, 0.717) is 24.6 Å². The number of hydrogen-bond acceptors (Lipinski definition) is 4. The largest absolute Gasteiger partial charge is 0.493 e. The highest BCUT2D eigenvalue weighted by Crippen LogP contribution is 2.55. The maximum absolute atomic E-state index is 12.4. The molecule has 0 saturated heterocycles. The van der Waals surface area contributed by atoms with Crippen molar-refractivity contribution < 1.29 is 19.1 Å². The molecule has 0 unspecified atom stereocenters. The van der Waals surface area contributed by atoms with Crippen LogP contribution in [0.4, 0.5) is 4.79 Å². The molecule has 0 aliphatic heterocycles. The van der Waals surface area contributed by atoms with E-state index < -0.39 is 0 Å². The maximum Gasteiger partial charge on any atom is 0.315 e. The van der Waals surface area contributed by atoms with Gasteiger partial charge in [-0.2, -0.15) is 0 Å². The second-order valence-corrected chi connectivity index (χ2v) is 9.29. The molecule has 30 heavy (non-hydrogen) atoms. The fraction of sp³-hybridized carbons (Fsp3) is 0.652. The molecule has 4 aliphatic carbocycles. The number of benzene rings is 1. The second kappa shape index (κ2) is 8.74. The fourth-order valence-corrected chi connectivity index (χ4v) is 6.12. The molecule has 0 aromatic heterocycles. The Labute approximate surface area is 178 Å². The van der Waals surface area contributed by atoms with Crippen LogP contribution < -0.4 is 25.4 Å². The average molecular weight is 416 g/mol. The van der Waals surface area contributed by atoms with E-state index in [4.69, 9.17) is 9.47 Å². The van der Waals surface area contributed by atoms with Gasteiger partial charge in [0.05, 0.1) is 14.2 Å². The van der Waals surface area contributed by atoms with Crippen molar-refractivity contribution in [1.29, 1.82) is 0 Å². The fourth-order valence-electron chi connectivity index (χ4n) is 6.12. The smallest absolute Gasteiger partial charge is 0.315 e. The summed E-state index contributed by atoms with van der Waals surface area (Å²) in [5.41, 5.74) is 0.919. The molecule has 4 saturated carbocycles. The molecule has 0 spiro atoms. The first-order valence-electron chi connectivity index (χ1n) is 11.0. The molecule has 1 aromatic rings. The van der Waals surface area contributed by atoms with E-state index in [0.717, 1.165) is 42.6 Å². The standard InChI is InChI=1S/C23H33N3O4/c1-29-19-4-3-15(10-20(19)30-2)14-25-21(27)5-6-24-22(28)26-23-11-16-7-17(12-23)9-18(8-16)13-23/h3-4,10,16-18H,5-9,11-14H2,1-2H3,(H,25,27)(H2,24,26,28). The molecule has 0 heterocycles. The SMILES string of the molecule is COc1ccc(CNC(=O)CCNC(=O)NC23CC4CC(CC(C4)C2)C3)cc1OC. The third kappa shape index (κ3) is 4.65. The van der Waals surface area contributed by atoms with Crippen molar-refractivity contribution >= 4 is 11.9 Å². The van der Waals surface area contributed by atoms with Crippen LogP contribution in [0, 0.1) is 17.8 Å². The van der Waals surface area contributed by atoms with E-state index in [2.05, 4.69) is 16.0 Å². The van der Waals surface area contributed by atoms with Crippen LogP contribution in [0.2, 0.25) is 0 Å².